The summed E-state index contributed by atoms with van der Waals surface area (Å²) in [6, 6.07) is 2.72. The van der Waals surface area contributed by atoms with Crippen LogP contribution in [0.4, 0.5) is 0 Å². The molecule has 0 amide bonds. The van der Waals surface area contributed by atoms with Crippen molar-refractivity contribution < 1.29 is 24.5 Å². The zero-order valence-corrected chi connectivity index (χ0v) is 7.35. The number of benzene rings is 1. The van der Waals surface area contributed by atoms with Gasteiger partial charge in [0.1, 0.15) is 11.5 Å². The first-order chi connectivity index (χ1) is 6.63. The molecule has 5 nitrogen and oxygen atoms in total. The van der Waals surface area contributed by atoms with Crippen LogP contribution in [0.2, 0.25) is 0 Å². The number of carbonyl (C=O) groups is 1. The van der Waals surface area contributed by atoms with Crippen molar-refractivity contribution in [2.75, 3.05) is 7.11 Å². The maximum atomic E-state index is 11.1. The molecular weight excluding hydrogens is 188 g/mol. The number of hydrogen-bond donors (Lipinski definition) is 2. The van der Waals surface area contributed by atoms with Gasteiger partial charge in [0.25, 0.3) is 0 Å². The van der Waals surface area contributed by atoms with Gasteiger partial charge in [-0.05, 0) is 6.07 Å². The van der Waals surface area contributed by atoms with E-state index in [-0.39, 0.29) is 16.9 Å². The third-order valence-electron chi connectivity index (χ3n) is 2.05. The fourth-order valence-electron chi connectivity index (χ4n) is 1.38. The second kappa shape index (κ2) is 2.88. The van der Waals surface area contributed by atoms with E-state index in [4.69, 9.17) is 4.74 Å². The van der Waals surface area contributed by atoms with Crippen LogP contribution >= 0.6 is 0 Å². The Labute approximate surface area is 79.5 Å². The Balaban J connectivity index is 2.62. The van der Waals surface area contributed by atoms with Crippen molar-refractivity contribution >= 4 is 5.97 Å². The first kappa shape index (κ1) is 8.83. The van der Waals surface area contributed by atoms with Gasteiger partial charge in [-0.25, -0.2) is 4.79 Å². The van der Waals surface area contributed by atoms with Crippen LogP contribution in [0.25, 0.3) is 0 Å². The van der Waals surface area contributed by atoms with Gasteiger partial charge in [0.2, 0.25) is 6.29 Å². The van der Waals surface area contributed by atoms with Crippen LogP contribution in [-0.2, 0) is 4.74 Å². The van der Waals surface area contributed by atoms with Crippen LogP contribution in [0.15, 0.2) is 12.1 Å². The summed E-state index contributed by atoms with van der Waals surface area (Å²) in [4.78, 5) is 11.1. The minimum absolute atomic E-state index is 0.0933. The average Bonchev–Trinajstić information content (AvgIpc) is 2.42. The summed E-state index contributed by atoms with van der Waals surface area (Å²) in [5.41, 5.74) is 0.227. The zero-order valence-electron chi connectivity index (χ0n) is 7.35. The molecule has 2 rings (SSSR count). The molecule has 1 heterocycles. The van der Waals surface area contributed by atoms with E-state index in [1.165, 1.54) is 19.2 Å². The van der Waals surface area contributed by atoms with Crippen molar-refractivity contribution in [1.29, 1.82) is 0 Å². The summed E-state index contributed by atoms with van der Waals surface area (Å²) in [6.07, 6.45) is -1.39. The van der Waals surface area contributed by atoms with Crippen molar-refractivity contribution in [2.24, 2.45) is 0 Å². The molecule has 1 aromatic carbocycles. The Morgan fingerprint density at radius 3 is 2.86 bits per heavy atom. The number of methoxy groups -OCH3 is 1. The summed E-state index contributed by atoms with van der Waals surface area (Å²) >= 11 is 0. The Morgan fingerprint density at radius 1 is 1.50 bits per heavy atom. The van der Waals surface area contributed by atoms with Crippen LogP contribution < -0.4 is 4.74 Å². The van der Waals surface area contributed by atoms with Gasteiger partial charge in [0.15, 0.2) is 0 Å². The smallest absolute Gasteiger partial charge is 0.341 e. The van der Waals surface area contributed by atoms with Crippen molar-refractivity contribution in [3.63, 3.8) is 0 Å². The molecule has 1 atom stereocenters. The maximum Gasteiger partial charge on any atom is 0.341 e. The lowest BCUT2D eigenvalue weighted by Crippen LogP contribution is -1.96. The molecule has 1 aromatic rings. The minimum Gasteiger partial charge on any atom is -0.507 e. The van der Waals surface area contributed by atoms with Gasteiger partial charge in [-0.3, -0.25) is 0 Å². The summed E-state index contributed by atoms with van der Waals surface area (Å²) in [5, 5.41) is 18.7. The first-order valence-electron chi connectivity index (χ1n) is 3.93. The number of aromatic hydroxyl groups is 1. The van der Waals surface area contributed by atoms with E-state index in [0.717, 1.165) is 0 Å². The van der Waals surface area contributed by atoms with Gasteiger partial charge < -0.3 is 19.7 Å². The molecule has 0 aromatic heterocycles. The molecule has 0 fully saturated rings. The molecule has 14 heavy (non-hydrogen) atoms. The SMILES string of the molecule is COc1cc(O)c2c(c1)C(=O)O[C@H]2O. The van der Waals surface area contributed by atoms with Crippen LogP contribution in [0.1, 0.15) is 22.2 Å². The zero-order chi connectivity index (χ0) is 10.3. The summed E-state index contributed by atoms with van der Waals surface area (Å²) < 4.78 is 9.37. The number of phenolic OH excluding ortho intramolecular Hbond substituents is 1. The van der Waals surface area contributed by atoms with E-state index in [2.05, 4.69) is 4.74 Å². The Hall–Kier alpha value is -1.75. The number of cyclic esters (lactones) is 1. The van der Waals surface area contributed by atoms with E-state index >= 15 is 0 Å². The number of hydrogen-bond acceptors (Lipinski definition) is 5. The highest BCUT2D eigenvalue weighted by molar-refractivity contribution is 5.95. The van der Waals surface area contributed by atoms with E-state index in [9.17, 15) is 15.0 Å². The van der Waals surface area contributed by atoms with Gasteiger partial charge in [-0.15, -0.1) is 0 Å². The highest BCUT2D eigenvalue weighted by atomic mass is 16.6. The lowest BCUT2D eigenvalue weighted by atomic mass is 10.1. The molecule has 0 unspecified atom stereocenters. The molecule has 1 aliphatic rings. The molecule has 0 saturated heterocycles. The largest absolute Gasteiger partial charge is 0.507 e. The molecule has 0 saturated carbocycles. The summed E-state index contributed by atoms with van der Waals surface area (Å²) in [6.45, 7) is 0. The molecule has 0 radical (unpaired) electrons. The van der Waals surface area contributed by atoms with E-state index in [1.807, 2.05) is 0 Å². The second-order valence-electron chi connectivity index (χ2n) is 2.87. The van der Waals surface area contributed by atoms with Crippen molar-refractivity contribution in [1.82, 2.24) is 0 Å². The Kier molecular flexibility index (Phi) is 1.82. The lowest BCUT2D eigenvalue weighted by molar-refractivity contribution is -0.0555. The first-order valence-corrected chi connectivity index (χ1v) is 3.93. The fourth-order valence-corrected chi connectivity index (χ4v) is 1.38. The van der Waals surface area contributed by atoms with E-state index in [1.54, 1.807) is 0 Å². The number of aliphatic hydroxyl groups excluding tert-OH is 1. The number of phenols is 1. The number of aliphatic hydroxyl groups is 1. The quantitative estimate of drug-likeness (QED) is 0.642. The lowest BCUT2D eigenvalue weighted by Gasteiger charge is -2.05. The van der Waals surface area contributed by atoms with Crippen LogP contribution in [0, 0.1) is 0 Å². The molecule has 0 spiro atoms. The number of carbonyl (C=O) groups excluding carboxylic acids is 1. The summed E-state index contributed by atoms with van der Waals surface area (Å²) in [5.74, 6) is -0.535. The Bertz CT molecular complexity index is 398. The average molecular weight is 196 g/mol. The fraction of sp³-hybridized carbons (Fsp3) is 0.222. The molecule has 0 bridgehead atoms. The van der Waals surface area contributed by atoms with Crippen molar-refractivity contribution in [3.8, 4) is 11.5 Å². The maximum absolute atomic E-state index is 11.1. The van der Waals surface area contributed by atoms with Gasteiger partial charge in [-0.1, -0.05) is 0 Å². The third-order valence-corrected chi connectivity index (χ3v) is 2.05. The Morgan fingerprint density at radius 2 is 2.21 bits per heavy atom. The molecule has 0 aliphatic carbocycles. The third kappa shape index (κ3) is 1.10. The normalized spacial score (nSPS) is 19.0. The molecule has 1 aliphatic heterocycles. The van der Waals surface area contributed by atoms with Gasteiger partial charge in [0, 0.05) is 6.07 Å². The number of ether oxygens (including phenoxy) is 2. The monoisotopic (exact) mass is 196 g/mol. The predicted octanol–water partition coefficient (Wildman–Crippen LogP) is 0.562. The molecule has 5 heteroatoms. The number of fused-ring (bicyclic) bond motifs is 1. The number of rotatable bonds is 1. The second-order valence-corrected chi connectivity index (χ2v) is 2.87. The number of esters is 1. The van der Waals surface area contributed by atoms with Gasteiger partial charge in [0.05, 0.1) is 18.2 Å². The highest BCUT2D eigenvalue weighted by Gasteiger charge is 2.33. The van der Waals surface area contributed by atoms with E-state index < -0.39 is 12.3 Å². The van der Waals surface area contributed by atoms with Crippen molar-refractivity contribution in [3.05, 3.63) is 23.3 Å². The summed E-state index contributed by atoms with van der Waals surface area (Å²) in [7, 11) is 1.41. The van der Waals surface area contributed by atoms with Crippen LogP contribution in [-0.4, -0.2) is 23.3 Å². The van der Waals surface area contributed by atoms with Crippen molar-refractivity contribution in [2.45, 2.75) is 6.29 Å². The predicted molar refractivity (Wildman–Crippen MR) is 45.0 cm³/mol. The molecule has 74 valence electrons. The highest BCUT2D eigenvalue weighted by Crippen LogP contribution is 2.38. The molecular formula is C9H8O5. The van der Waals surface area contributed by atoms with Gasteiger partial charge in [-0.2, -0.15) is 0 Å². The van der Waals surface area contributed by atoms with Gasteiger partial charge >= 0.3 is 5.97 Å². The topological polar surface area (TPSA) is 76.0 Å². The molecule has 2 N–H and O–H groups in total. The standard InChI is InChI=1S/C9H8O5/c1-13-4-2-5-7(6(10)3-4)9(12)14-8(5)11/h2-3,9-10,12H,1H3/t9-/m1/s1. The minimum atomic E-state index is -1.39. The van der Waals surface area contributed by atoms with Crippen LogP contribution in [0.3, 0.4) is 0 Å². The van der Waals surface area contributed by atoms with E-state index in [0.29, 0.717) is 5.75 Å². The van der Waals surface area contributed by atoms with Crippen LogP contribution in [0.5, 0.6) is 11.5 Å².